The van der Waals surface area contributed by atoms with Gasteiger partial charge in [-0.3, -0.25) is 4.79 Å². The summed E-state index contributed by atoms with van der Waals surface area (Å²) in [6.45, 7) is 4.27. The molecule has 2 N–H and O–H groups in total. The first kappa shape index (κ1) is 17.7. The van der Waals surface area contributed by atoms with Gasteiger partial charge in [0, 0.05) is 0 Å². The lowest BCUT2D eigenvalue weighted by Gasteiger charge is -2.26. The van der Waals surface area contributed by atoms with Crippen molar-refractivity contribution in [2.75, 3.05) is 18.5 Å². The van der Waals surface area contributed by atoms with E-state index in [2.05, 4.69) is 5.32 Å². The zero-order chi connectivity index (χ0) is 18.9. The molecule has 0 fully saturated rings. The third kappa shape index (κ3) is 3.33. The summed E-state index contributed by atoms with van der Waals surface area (Å²) in [7, 11) is 0. The Morgan fingerprint density at radius 3 is 2.46 bits per heavy atom. The highest BCUT2D eigenvalue weighted by atomic mass is 19.1. The minimum atomic E-state index is -1.20. The third-order valence-electron chi connectivity index (χ3n) is 4.29. The van der Waals surface area contributed by atoms with Gasteiger partial charge in [0.15, 0.2) is 11.5 Å². The Hall–Kier alpha value is -3.09. The van der Waals surface area contributed by atoms with Crippen molar-refractivity contribution < 1.29 is 28.6 Å². The van der Waals surface area contributed by atoms with Gasteiger partial charge in [0.25, 0.3) is 0 Å². The van der Waals surface area contributed by atoms with E-state index in [0.29, 0.717) is 30.3 Å². The van der Waals surface area contributed by atoms with Crippen molar-refractivity contribution in [3.8, 4) is 11.5 Å². The monoisotopic (exact) mass is 359 g/mol. The number of benzene rings is 2. The molecule has 7 heteroatoms. The fourth-order valence-electron chi connectivity index (χ4n) is 2.60. The first-order chi connectivity index (χ1) is 12.3. The summed E-state index contributed by atoms with van der Waals surface area (Å²) >= 11 is 0. The molecule has 0 saturated carbocycles. The van der Waals surface area contributed by atoms with E-state index in [1.165, 1.54) is 0 Å². The van der Waals surface area contributed by atoms with Gasteiger partial charge in [-0.05, 0) is 49.7 Å². The second-order valence-corrected chi connectivity index (χ2v) is 6.44. The molecule has 3 rings (SSSR count). The maximum absolute atomic E-state index is 14.0. The van der Waals surface area contributed by atoms with Crippen LogP contribution >= 0.6 is 0 Å². The van der Waals surface area contributed by atoms with Crippen molar-refractivity contribution in [2.45, 2.75) is 19.3 Å². The van der Waals surface area contributed by atoms with E-state index in [-0.39, 0.29) is 11.3 Å². The van der Waals surface area contributed by atoms with Gasteiger partial charge in [0.2, 0.25) is 5.91 Å². The van der Waals surface area contributed by atoms with Crippen molar-refractivity contribution >= 4 is 17.6 Å². The van der Waals surface area contributed by atoms with Crippen molar-refractivity contribution in [1.29, 1.82) is 0 Å². The molecule has 0 unspecified atom stereocenters. The molecule has 1 aliphatic rings. The van der Waals surface area contributed by atoms with Crippen LogP contribution in [0.3, 0.4) is 0 Å². The van der Waals surface area contributed by atoms with E-state index in [4.69, 9.17) is 14.6 Å². The summed E-state index contributed by atoms with van der Waals surface area (Å²) in [5.41, 5.74) is -0.644. The van der Waals surface area contributed by atoms with Crippen molar-refractivity contribution in [3.63, 3.8) is 0 Å². The highest BCUT2D eigenvalue weighted by molar-refractivity contribution is 5.99. The number of hydrogen-bond donors (Lipinski definition) is 2. The topological polar surface area (TPSA) is 84.9 Å². The number of fused-ring (bicyclic) bond motifs is 1. The number of anilines is 1. The molecule has 26 heavy (non-hydrogen) atoms. The number of halogens is 1. The van der Waals surface area contributed by atoms with E-state index >= 15 is 0 Å². The number of hydrogen-bond acceptors (Lipinski definition) is 4. The molecule has 0 saturated heterocycles. The fraction of sp³-hybridized carbons (Fsp3) is 0.263. The normalized spacial score (nSPS) is 13.2. The molecule has 0 aliphatic carbocycles. The highest BCUT2D eigenvalue weighted by Gasteiger charge is 2.32. The Kier molecular flexibility index (Phi) is 4.54. The highest BCUT2D eigenvalue weighted by Crippen LogP contribution is 2.35. The predicted molar refractivity (Wildman–Crippen MR) is 92.4 cm³/mol. The first-order valence-corrected chi connectivity index (χ1v) is 8.03. The molecule has 1 heterocycles. The van der Waals surface area contributed by atoms with Crippen LogP contribution in [0.25, 0.3) is 0 Å². The van der Waals surface area contributed by atoms with Gasteiger partial charge < -0.3 is 19.9 Å². The molecule has 0 bridgehead atoms. The number of carbonyl (C=O) groups is 2. The van der Waals surface area contributed by atoms with Gasteiger partial charge in [0.1, 0.15) is 19.0 Å². The quantitative estimate of drug-likeness (QED) is 0.876. The number of carboxylic acids is 1. The molecule has 2 aromatic rings. The van der Waals surface area contributed by atoms with Crippen LogP contribution < -0.4 is 14.8 Å². The van der Waals surface area contributed by atoms with Crippen molar-refractivity contribution in [1.82, 2.24) is 0 Å². The lowest BCUT2D eigenvalue weighted by molar-refractivity contribution is -0.120. The Morgan fingerprint density at radius 2 is 1.77 bits per heavy atom. The fourth-order valence-corrected chi connectivity index (χ4v) is 2.60. The zero-order valence-electron chi connectivity index (χ0n) is 14.3. The summed E-state index contributed by atoms with van der Waals surface area (Å²) < 4.78 is 25.0. The minimum Gasteiger partial charge on any atom is -0.486 e. The van der Waals surface area contributed by atoms with Crippen LogP contribution in [-0.2, 0) is 10.2 Å². The smallest absolute Gasteiger partial charge is 0.335 e. The second-order valence-electron chi connectivity index (χ2n) is 6.44. The Bertz CT molecular complexity index is 878. The molecule has 2 aromatic carbocycles. The zero-order valence-corrected chi connectivity index (χ0v) is 14.3. The van der Waals surface area contributed by atoms with E-state index in [1.807, 2.05) is 0 Å². The Labute approximate surface area is 149 Å². The molecule has 0 atom stereocenters. The maximum Gasteiger partial charge on any atom is 0.335 e. The van der Waals surface area contributed by atoms with E-state index in [0.717, 1.165) is 18.2 Å². The maximum atomic E-state index is 14.0. The summed E-state index contributed by atoms with van der Waals surface area (Å²) in [4.78, 5) is 23.8. The number of rotatable bonds is 4. The Morgan fingerprint density at radius 1 is 1.08 bits per heavy atom. The molecule has 1 aliphatic heterocycles. The summed E-state index contributed by atoms with van der Waals surface area (Å²) in [6, 6.07) is 8.44. The molecule has 6 nitrogen and oxygen atoms in total. The average molecular weight is 359 g/mol. The molecular formula is C19H18FNO5. The SMILES string of the molecule is CC(C)(C(=O)Nc1cc(C(=O)O)ccc1F)c1ccc2c(c1)OCCO2. The number of nitrogens with one attached hydrogen (secondary N) is 1. The second kappa shape index (κ2) is 6.67. The van der Waals surface area contributed by atoms with Crippen LogP contribution in [0.5, 0.6) is 11.5 Å². The van der Waals surface area contributed by atoms with Crippen LogP contribution in [0.15, 0.2) is 36.4 Å². The molecule has 0 radical (unpaired) electrons. The van der Waals surface area contributed by atoms with Crippen molar-refractivity contribution in [3.05, 3.63) is 53.3 Å². The van der Waals surface area contributed by atoms with Gasteiger partial charge >= 0.3 is 5.97 Å². The van der Waals surface area contributed by atoms with Crippen LogP contribution in [0.2, 0.25) is 0 Å². The largest absolute Gasteiger partial charge is 0.486 e. The number of carboxylic acid groups (broad SMARTS) is 1. The average Bonchev–Trinajstić information content (AvgIpc) is 2.62. The van der Waals surface area contributed by atoms with E-state index in [9.17, 15) is 14.0 Å². The molecular weight excluding hydrogens is 341 g/mol. The van der Waals surface area contributed by atoms with E-state index < -0.39 is 23.1 Å². The molecule has 0 spiro atoms. The van der Waals surface area contributed by atoms with Gasteiger partial charge in [-0.2, -0.15) is 0 Å². The molecule has 136 valence electrons. The minimum absolute atomic E-state index is 0.112. The van der Waals surface area contributed by atoms with Crippen LogP contribution in [0.4, 0.5) is 10.1 Å². The van der Waals surface area contributed by atoms with E-state index in [1.54, 1.807) is 32.0 Å². The first-order valence-electron chi connectivity index (χ1n) is 8.03. The summed E-state index contributed by atoms with van der Waals surface area (Å²) in [5.74, 6) is -1.23. The number of carbonyl (C=O) groups excluding carboxylic acids is 1. The number of aromatic carboxylic acids is 1. The summed E-state index contributed by atoms with van der Waals surface area (Å²) in [5, 5.41) is 11.5. The standard InChI is InChI=1S/C19H18FNO5/c1-19(2,12-4-6-15-16(10-12)26-8-7-25-15)18(24)21-14-9-11(17(22)23)3-5-13(14)20/h3-6,9-10H,7-8H2,1-2H3,(H,21,24)(H,22,23). The van der Waals surface area contributed by atoms with Crippen LogP contribution in [-0.4, -0.2) is 30.2 Å². The van der Waals surface area contributed by atoms with Gasteiger partial charge in [-0.15, -0.1) is 0 Å². The van der Waals surface area contributed by atoms with Gasteiger partial charge in [-0.25, -0.2) is 9.18 Å². The molecule has 0 aromatic heterocycles. The lowest BCUT2D eigenvalue weighted by Crippen LogP contribution is -2.35. The lowest BCUT2D eigenvalue weighted by atomic mass is 9.83. The molecule has 1 amide bonds. The third-order valence-corrected chi connectivity index (χ3v) is 4.29. The van der Waals surface area contributed by atoms with Crippen molar-refractivity contribution in [2.24, 2.45) is 0 Å². The van der Waals surface area contributed by atoms with Gasteiger partial charge in [0.05, 0.1) is 16.7 Å². The number of ether oxygens (including phenoxy) is 2. The number of amides is 1. The van der Waals surface area contributed by atoms with Crippen LogP contribution in [0, 0.1) is 5.82 Å². The summed E-state index contributed by atoms with van der Waals surface area (Å²) in [6.07, 6.45) is 0. The predicted octanol–water partition coefficient (Wildman–Crippen LogP) is 3.21. The van der Waals surface area contributed by atoms with Crippen LogP contribution in [0.1, 0.15) is 29.8 Å². The van der Waals surface area contributed by atoms with Gasteiger partial charge in [-0.1, -0.05) is 6.07 Å². The Balaban J connectivity index is 1.87.